The fourth-order valence-corrected chi connectivity index (χ4v) is 3.08. The van der Waals surface area contributed by atoms with Crippen LogP contribution in [0.1, 0.15) is 31.1 Å². The zero-order chi connectivity index (χ0) is 23.4. The summed E-state index contributed by atoms with van der Waals surface area (Å²) in [6, 6.07) is 5.07. The fraction of sp³-hybridized carbons (Fsp3) is 0.389. The molecule has 0 unspecified atom stereocenters. The molecule has 0 aliphatic rings. The topological polar surface area (TPSA) is 136 Å². The maximum Gasteiger partial charge on any atom is 0.406 e. The van der Waals surface area contributed by atoms with Crippen molar-refractivity contribution in [2.24, 2.45) is 11.7 Å². The molecule has 0 saturated heterocycles. The molecular weight excluding hydrogens is 439 g/mol. The molecule has 1 amide bonds. The number of halogens is 3. The maximum atomic E-state index is 12.3. The molecular formula is C18H22F3N5O4S. The van der Waals surface area contributed by atoms with Gasteiger partial charge in [0.2, 0.25) is 5.95 Å². The molecule has 2 rings (SSSR count). The van der Waals surface area contributed by atoms with Gasteiger partial charge in [-0.05, 0) is 37.1 Å². The van der Waals surface area contributed by atoms with Crippen molar-refractivity contribution in [1.29, 1.82) is 0 Å². The minimum absolute atomic E-state index is 0.0177. The summed E-state index contributed by atoms with van der Waals surface area (Å²) in [5.41, 5.74) is 5.87. The van der Waals surface area contributed by atoms with Crippen LogP contribution in [-0.4, -0.2) is 42.3 Å². The molecule has 170 valence electrons. The highest BCUT2D eigenvalue weighted by Crippen LogP contribution is 2.24. The largest absolute Gasteiger partial charge is 0.406 e. The van der Waals surface area contributed by atoms with E-state index in [1.165, 1.54) is 30.5 Å². The van der Waals surface area contributed by atoms with Crippen LogP contribution < -0.4 is 20.6 Å². The van der Waals surface area contributed by atoms with E-state index >= 15 is 0 Å². The smallest absolute Gasteiger partial charge is 0.382 e. The highest BCUT2D eigenvalue weighted by Gasteiger charge is 2.36. The van der Waals surface area contributed by atoms with Crippen LogP contribution in [0.5, 0.6) is 5.75 Å². The Morgan fingerprint density at radius 1 is 1.19 bits per heavy atom. The number of carbonyl (C=O) groups excluding carboxylic acids is 1. The SMILES string of the molecule is CC(C)[C@@H](C)Nc1nc(Nc2ccc(OS(=O)(=O)CC(F)(F)F)cc2)ncc1C(N)=O. The van der Waals surface area contributed by atoms with E-state index in [0.717, 1.165) is 0 Å². The van der Waals surface area contributed by atoms with Gasteiger partial charge in [0, 0.05) is 17.9 Å². The van der Waals surface area contributed by atoms with Crippen molar-refractivity contribution in [2.75, 3.05) is 16.4 Å². The number of nitrogens with zero attached hydrogens (tertiary/aromatic N) is 2. The third kappa shape index (κ3) is 7.59. The molecule has 1 aromatic heterocycles. The molecule has 31 heavy (non-hydrogen) atoms. The maximum absolute atomic E-state index is 12.3. The van der Waals surface area contributed by atoms with Gasteiger partial charge in [-0.3, -0.25) is 4.79 Å². The van der Waals surface area contributed by atoms with Crippen molar-refractivity contribution in [3.63, 3.8) is 0 Å². The molecule has 0 radical (unpaired) electrons. The van der Waals surface area contributed by atoms with Crippen LogP contribution in [0.15, 0.2) is 30.5 Å². The number of aromatic nitrogens is 2. The molecule has 0 aliphatic heterocycles. The number of primary amides is 1. The van der Waals surface area contributed by atoms with Gasteiger partial charge < -0.3 is 20.6 Å². The number of hydrogen-bond acceptors (Lipinski definition) is 8. The second-order valence-electron chi connectivity index (χ2n) is 7.05. The lowest BCUT2D eigenvalue weighted by molar-refractivity contribution is -0.107. The molecule has 9 nitrogen and oxygen atoms in total. The highest BCUT2D eigenvalue weighted by atomic mass is 32.2. The summed E-state index contributed by atoms with van der Waals surface area (Å²) in [4.78, 5) is 19.9. The Morgan fingerprint density at radius 2 is 1.81 bits per heavy atom. The molecule has 1 atom stereocenters. The molecule has 0 fully saturated rings. The first kappa shape index (κ1) is 24.2. The summed E-state index contributed by atoms with van der Waals surface area (Å²) in [6.07, 6.45) is -3.65. The van der Waals surface area contributed by atoms with E-state index in [1.807, 2.05) is 20.8 Å². The Labute approximate surface area is 177 Å². The minimum Gasteiger partial charge on any atom is -0.382 e. The van der Waals surface area contributed by atoms with E-state index in [4.69, 9.17) is 5.73 Å². The summed E-state index contributed by atoms with van der Waals surface area (Å²) >= 11 is 0. The average Bonchev–Trinajstić information content (AvgIpc) is 2.61. The van der Waals surface area contributed by atoms with Crippen LogP contribution in [0.25, 0.3) is 0 Å². The third-order valence-electron chi connectivity index (χ3n) is 4.09. The third-order valence-corrected chi connectivity index (χ3v) is 5.22. The van der Waals surface area contributed by atoms with Gasteiger partial charge in [-0.15, -0.1) is 0 Å². The molecule has 0 saturated carbocycles. The van der Waals surface area contributed by atoms with Gasteiger partial charge in [-0.25, -0.2) is 4.98 Å². The van der Waals surface area contributed by atoms with Crippen LogP contribution in [0, 0.1) is 5.92 Å². The molecule has 13 heteroatoms. The Morgan fingerprint density at radius 3 is 2.32 bits per heavy atom. The standard InChI is InChI=1S/C18H22F3N5O4S/c1-10(2)11(3)24-16-14(15(22)27)8-23-17(26-16)25-12-4-6-13(7-5-12)30-31(28,29)9-18(19,20)21/h4-8,10-11H,9H2,1-3H3,(H2,22,27)(H2,23,24,25,26)/t11-/m1/s1. The molecule has 1 aromatic carbocycles. The number of nitrogens with two attached hydrogens (primary N) is 1. The number of anilines is 3. The quantitative estimate of drug-likeness (QED) is 0.485. The highest BCUT2D eigenvalue weighted by molar-refractivity contribution is 7.87. The molecule has 4 N–H and O–H groups in total. The first-order valence-corrected chi connectivity index (χ1v) is 10.6. The Kier molecular flexibility index (Phi) is 7.31. The number of alkyl halides is 3. The van der Waals surface area contributed by atoms with Gasteiger partial charge in [-0.1, -0.05) is 13.8 Å². The van der Waals surface area contributed by atoms with Crippen molar-refractivity contribution in [3.05, 3.63) is 36.0 Å². The van der Waals surface area contributed by atoms with Crippen LogP contribution in [0.4, 0.5) is 30.6 Å². The summed E-state index contributed by atoms with van der Waals surface area (Å²) < 4.78 is 64.1. The van der Waals surface area contributed by atoms with E-state index in [9.17, 15) is 26.4 Å². The predicted molar refractivity (Wildman–Crippen MR) is 109 cm³/mol. The van der Waals surface area contributed by atoms with Gasteiger partial charge in [0.1, 0.15) is 11.6 Å². The summed E-state index contributed by atoms with van der Waals surface area (Å²) in [5, 5.41) is 5.94. The van der Waals surface area contributed by atoms with E-state index in [0.29, 0.717) is 5.69 Å². The van der Waals surface area contributed by atoms with Crippen LogP contribution >= 0.6 is 0 Å². The zero-order valence-electron chi connectivity index (χ0n) is 16.9. The fourth-order valence-electron chi connectivity index (χ4n) is 2.21. The Hall–Kier alpha value is -3.09. The van der Waals surface area contributed by atoms with Crippen molar-refractivity contribution in [2.45, 2.75) is 33.0 Å². The molecule has 0 aliphatic carbocycles. The van der Waals surface area contributed by atoms with Gasteiger partial charge >= 0.3 is 16.3 Å². The minimum atomic E-state index is -4.91. The molecule has 0 spiro atoms. The van der Waals surface area contributed by atoms with Crippen LogP contribution in [0.2, 0.25) is 0 Å². The number of amides is 1. The lowest BCUT2D eigenvalue weighted by atomic mass is 10.1. The molecule has 1 heterocycles. The summed E-state index contributed by atoms with van der Waals surface area (Å²) in [7, 11) is -4.82. The van der Waals surface area contributed by atoms with Gasteiger partial charge in [0.15, 0.2) is 5.75 Å². The van der Waals surface area contributed by atoms with E-state index < -0.39 is 28.0 Å². The van der Waals surface area contributed by atoms with Crippen molar-refractivity contribution in [1.82, 2.24) is 9.97 Å². The van der Waals surface area contributed by atoms with Crippen LogP contribution in [-0.2, 0) is 10.1 Å². The Balaban J connectivity index is 2.16. The van der Waals surface area contributed by atoms with Gasteiger partial charge in [0.25, 0.3) is 5.91 Å². The number of nitrogens with one attached hydrogen (secondary N) is 2. The number of benzene rings is 1. The normalized spacial score (nSPS) is 13.0. The second-order valence-corrected chi connectivity index (χ2v) is 8.62. The molecule has 0 bridgehead atoms. The Bertz CT molecular complexity index is 1030. The zero-order valence-corrected chi connectivity index (χ0v) is 17.7. The first-order valence-electron chi connectivity index (χ1n) is 9.05. The predicted octanol–water partition coefficient (Wildman–Crippen LogP) is 3.05. The summed E-state index contributed by atoms with van der Waals surface area (Å²) in [5.74, 6) is -2.48. The van der Waals surface area contributed by atoms with E-state index in [-0.39, 0.29) is 35.0 Å². The summed E-state index contributed by atoms with van der Waals surface area (Å²) in [6.45, 7) is 5.89. The van der Waals surface area contributed by atoms with E-state index in [1.54, 1.807) is 0 Å². The number of hydrogen-bond donors (Lipinski definition) is 3. The van der Waals surface area contributed by atoms with Crippen molar-refractivity contribution >= 4 is 33.5 Å². The van der Waals surface area contributed by atoms with Crippen molar-refractivity contribution in [3.8, 4) is 5.75 Å². The lowest BCUT2D eigenvalue weighted by Gasteiger charge is -2.19. The van der Waals surface area contributed by atoms with E-state index in [2.05, 4.69) is 24.8 Å². The monoisotopic (exact) mass is 461 g/mol. The average molecular weight is 461 g/mol. The lowest BCUT2D eigenvalue weighted by Crippen LogP contribution is -2.26. The second kappa shape index (κ2) is 9.37. The molecule has 2 aromatic rings. The van der Waals surface area contributed by atoms with Gasteiger partial charge in [0.05, 0.1) is 5.56 Å². The first-order chi connectivity index (χ1) is 14.3. The van der Waals surface area contributed by atoms with Crippen LogP contribution in [0.3, 0.4) is 0 Å². The number of carbonyl (C=O) groups is 1. The number of rotatable bonds is 9. The van der Waals surface area contributed by atoms with Gasteiger partial charge in [-0.2, -0.15) is 26.6 Å². The van der Waals surface area contributed by atoms with Crippen molar-refractivity contribution < 1.29 is 30.6 Å².